The number of nitrogens with zero attached hydrogens (tertiary/aromatic N) is 2. The fraction of sp³-hybridized carbons (Fsp3) is 0.333. The Labute approximate surface area is 240 Å². The summed E-state index contributed by atoms with van der Waals surface area (Å²) in [5.41, 5.74) is 1.88. The van der Waals surface area contributed by atoms with Crippen LogP contribution in [0.2, 0.25) is 5.02 Å². The van der Waals surface area contributed by atoms with E-state index in [1.807, 2.05) is 57.3 Å². The number of benzene rings is 1. The summed E-state index contributed by atoms with van der Waals surface area (Å²) in [4.78, 5) is 46.0. The number of aromatic nitrogens is 2. The highest BCUT2D eigenvalue weighted by molar-refractivity contribution is 6.30. The van der Waals surface area contributed by atoms with Gasteiger partial charge in [0.25, 0.3) is 0 Å². The molecule has 0 saturated carbocycles. The minimum absolute atomic E-state index is 0.0861. The molecule has 1 aromatic carbocycles. The number of carbonyl (C=O) groups is 3. The average molecular weight is 558 g/mol. The van der Waals surface area contributed by atoms with Gasteiger partial charge < -0.3 is 9.72 Å². The highest BCUT2D eigenvalue weighted by atomic mass is 35.5. The topological polar surface area (TPSA) is 80.5 Å². The minimum Gasteiger partial charge on any atom is -0.313 e. The Balaban J connectivity index is 1.97. The lowest BCUT2D eigenvalue weighted by atomic mass is 9.78. The van der Waals surface area contributed by atoms with Crippen LogP contribution in [0.25, 0.3) is 5.52 Å². The quantitative estimate of drug-likeness (QED) is 0.224. The highest BCUT2D eigenvalue weighted by Crippen LogP contribution is 2.37. The van der Waals surface area contributed by atoms with Gasteiger partial charge in [0.05, 0.1) is 11.2 Å². The van der Waals surface area contributed by atoms with Gasteiger partial charge in [-0.1, -0.05) is 66.1 Å². The van der Waals surface area contributed by atoms with E-state index in [0.29, 0.717) is 38.7 Å². The van der Waals surface area contributed by atoms with E-state index < -0.39 is 10.8 Å². The Morgan fingerprint density at radius 3 is 2.23 bits per heavy atom. The van der Waals surface area contributed by atoms with Crippen molar-refractivity contribution in [1.29, 1.82) is 0 Å². The van der Waals surface area contributed by atoms with Crippen LogP contribution in [0, 0.1) is 10.8 Å². The molecular weight excluding hydrogens is 522 g/mol. The molecule has 0 spiro atoms. The normalized spacial score (nSPS) is 12.1. The van der Waals surface area contributed by atoms with Gasteiger partial charge in [-0.25, -0.2) is 4.98 Å². The maximum Gasteiger partial charge on any atom is 0.231 e. The van der Waals surface area contributed by atoms with Gasteiger partial charge in [0.1, 0.15) is 5.82 Å². The van der Waals surface area contributed by atoms with Crippen LogP contribution >= 0.6 is 11.6 Å². The van der Waals surface area contributed by atoms with E-state index in [9.17, 15) is 14.4 Å². The van der Waals surface area contributed by atoms with Gasteiger partial charge in [-0.3, -0.25) is 14.4 Å². The second-order valence-electron chi connectivity index (χ2n) is 12.2. The minimum atomic E-state index is -0.981. The number of hydrogen-bond donors (Lipinski definition) is 1. The largest absolute Gasteiger partial charge is 0.313 e. The lowest BCUT2D eigenvalue weighted by Gasteiger charge is -2.25. The number of anilines is 1. The summed E-state index contributed by atoms with van der Waals surface area (Å²) in [6.45, 7) is 13.4. The summed E-state index contributed by atoms with van der Waals surface area (Å²) in [6.07, 6.45) is 3.63. The molecule has 0 fully saturated rings. The Kier molecular flexibility index (Phi) is 8.04. The van der Waals surface area contributed by atoms with Crippen molar-refractivity contribution in [3.8, 4) is 0 Å². The number of fused-ring (bicyclic) bond motifs is 1. The molecule has 1 N–H and O–H groups in total. The van der Waals surface area contributed by atoms with E-state index in [1.54, 1.807) is 48.7 Å². The molecule has 0 aliphatic carbocycles. The smallest absolute Gasteiger partial charge is 0.231 e. The van der Waals surface area contributed by atoms with Crippen molar-refractivity contribution in [2.75, 3.05) is 5.32 Å². The highest BCUT2D eigenvalue weighted by Gasteiger charge is 2.38. The van der Waals surface area contributed by atoms with Crippen LogP contribution in [-0.2, 0) is 11.2 Å². The molecule has 0 unspecified atom stereocenters. The third-order valence-electron chi connectivity index (χ3n) is 7.10. The molecule has 6 nitrogen and oxygen atoms in total. The zero-order chi connectivity index (χ0) is 29.4. The first-order chi connectivity index (χ1) is 18.7. The van der Waals surface area contributed by atoms with E-state index >= 15 is 0 Å². The second kappa shape index (κ2) is 11.0. The summed E-state index contributed by atoms with van der Waals surface area (Å²) in [6, 6.07) is 16.0. The van der Waals surface area contributed by atoms with Crippen molar-refractivity contribution in [2.45, 2.75) is 60.8 Å². The maximum absolute atomic E-state index is 14.2. The SMILES string of the molecule is CC(C)c1ccn2c(C(=O)c3ccc(Cl)cc3)c(CC(C)(C)C(=O)Nc3ccccn3)c(C(=O)C(C)(C)C)c2c1. The van der Waals surface area contributed by atoms with E-state index in [2.05, 4.69) is 24.1 Å². The number of Topliss-reactive ketones (excluding diaryl/α,β-unsaturated/α-hetero) is 1. The summed E-state index contributed by atoms with van der Waals surface area (Å²) in [5, 5.41) is 3.41. The number of pyridine rings is 2. The number of rotatable bonds is 8. The molecule has 0 atom stereocenters. The Morgan fingerprint density at radius 1 is 0.975 bits per heavy atom. The maximum atomic E-state index is 14.2. The van der Waals surface area contributed by atoms with Gasteiger partial charge >= 0.3 is 0 Å². The predicted octanol–water partition coefficient (Wildman–Crippen LogP) is 7.78. The molecule has 3 aromatic heterocycles. The molecule has 4 rings (SSSR count). The van der Waals surface area contributed by atoms with Crippen LogP contribution in [0.15, 0.2) is 67.0 Å². The van der Waals surface area contributed by atoms with E-state index in [-0.39, 0.29) is 29.8 Å². The van der Waals surface area contributed by atoms with E-state index in [4.69, 9.17) is 11.6 Å². The average Bonchev–Trinajstić information content (AvgIpc) is 3.20. The van der Waals surface area contributed by atoms with E-state index in [0.717, 1.165) is 5.56 Å². The number of ketones is 2. The van der Waals surface area contributed by atoms with Crippen LogP contribution in [-0.4, -0.2) is 26.9 Å². The monoisotopic (exact) mass is 557 g/mol. The molecule has 0 saturated heterocycles. The zero-order valence-corrected chi connectivity index (χ0v) is 24.9. The van der Waals surface area contributed by atoms with Crippen molar-refractivity contribution in [3.05, 3.63) is 100.0 Å². The van der Waals surface area contributed by atoms with Crippen LogP contribution < -0.4 is 5.32 Å². The summed E-state index contributed by atoms with van der Waals surface area (Å²) in [5.74, 6) is 0.0674. The van der Waals surface area contributed by atoms with Gasteiger partial charge in [-0.2, -0.15) is 0 Å². The van der Waals surface area contributed by atoms with Crippen LogP contribution in [0.4, 0.5) is 5.82 Å². The third kappa shape index (κ3) is 5.87. The van der Waals surface area contributed by atoms with E-state index in [1.165, 1.54) is 0 Å². The fourth-order valence-electron chi connectivity index (χ4n) is 4.71. The third-order valence-corrected chi connectivity index (χ3v) is 7.35. The number of carbonyl (C=O) groups excluding carboxylic acids is 3. The summed E-state index contributed by atoms with van der Waals surface area (Å²) in [7, 11) is 0. The Morgan fingerprint density at radius 2 is 1.65 bits per heavy atom. The lowest BCUT2D eigenvalue weighted by Crippen LogP contribution is -2.34. The fourth-order valence-corrected chi connectivity index (χ4v) is 4.84. The van der Waals surface area contributed by atoms with Crippen molar-refractivity contribution < 1.29 is 14.4 Å². The lowest BCUT2D eigenvalue weighted by molar-refractivity contribution is -0.123. The molecule has 0 radical (unpaired) electrons. The molecule has 0 bridgehead atoms. The summed E-state index contributed by atoms with van der Waals surface area (Å²) < 4.78 is 1.81. The first-order valence-electron chi connectivity index (χ1n) is 13.4. The molecule has 208 valence electrons. The van der Waals surface area contributed by atoms with Crippen LogP contribution in [0.3, 0.4) is 0 Å². The van der Waals surface area contributed by atoms with Gasteiger partial charge in [0.15, 0.2) is 5.78 Å². The van der Waals surface area contributed by atoms with Crippen molar-refractivity contribution in [2.24, 2.45) is 10.8 Å². The number of amides is 1. The van der Waals surface area contributed by atoms with Crippen LogP contribution in [0.5, 0.6) is 0 Å². The van der Waals surface area contributed by atoms with Gasteiger partial charge in [-0.15, -0.1) is 0 Å². The molecule has 0 aliphatic rings. The summed E-state index contributed by atoms with van der Waals surface area (Å²) >= 11 is 6.11. The Bertz CT molecular complexity index is 1580. The second-order valence-corrected chi connectivity index (χ2v) is 12.7. The number of halogens is 1. The van der Waals surface area contributed by atoms with Crippen molar-refractivity contribution in [1.82, 2.24) is 9.38 Å². The van der Waals surface area contributed by atoms with Gasteiger partial charge in [0.2, 0.25) is 11.7 Å². The first-order valence-corrected chi connectivity index (χ1v) is 13.8. The molecule has 7 heteroatoms. The van der Waals surface area contributed by atoms with Gasteiger partial charge in [-0.05, 0) is 72.0 Å². The molecule has 3 heterocycles. The van der Waals surface area contributed by atoms with Crippen molar-refractivity contribution >= 4 is 40.4 Å². The molecular formula is C33H36ClN3O3. The molecule has 1 amide bonds. The predicted molar refractivity (Wildman–Crippen MR) is 161 cm³/mol. The molecule has 4 aromatic rings. The number of hydrogen-bond acceptors (Lipinski definition) is 4. The standard InChI is InChI=1S/C33H36ClN3O3/c1-20(2)22-15-17-37-25(18-22)27(30(39)32(3,4)5)24(28(37)29(38)21-11-13-23(34)14-12-21)19-33(6,7)31(40)36-26-10-8-9-16-35-26/h8-18,20H,19H2,1-7H3,(H,35,36,40). The molecule has 40 heavy (non-hydrogen) atoms. The first kappa shape index (κ1) is 29.2. The van der Waals surface area contributed by atoms with Crippen LogP contribution in [0.1, 0.15) is 91.9 Å². The molecule has 0 aliphatic heterocycles. The zero-order valence-electron chi connectivity index (χ0n) is 24.1. The Hall–Kier alpha value is -3.77. The van der Waals surface area contributed by atoms with Crippen molar-refractivity contribution in [3.63, 3.8) is 0 Å². The number of nitrogens with one attached hydrogen (secondary N) is 1. The van der Waals surface area contributed by atoms with Gasteiger partial charge in [0, 0.05) is 39.4 Å².